The Bertz CT molecular complexity index is 335. The summed E-state index contributed by atoms with van der Waals surface area (Å²) in [7, 11) is -2.97. The zero-order chi connectivity index (χ0) is 9.92. The molecule has 3 aliphatic rings. The molecule has 2 bridgehead atoms. The average Bonchev–Trinajstić information content (AvgIpc) is 2.61. The van der Waals surface area contributed by atoms with E-state index in [0.717, 1.165) is 11.8 Å². The number of nitrogens with one attached hydrogen (secondary N) is 1. The highest BCUT2D eigenvalue weighted by atomic mass is 32.2. The lowest BCUT2D eigenvalue weighted by atomic mass is 10.0. The second-order valence-corrected chi connectivity index (χ2v) is 7.08. The molecule has 0 aliphatic heterocycles. The van der Waals surface area contributed by atoms with Crippen molar-refractivity contribution < 1.29 is 8.42 Å². The van der Waals surface area contributed by atoms with Crippen LogP contribution in [-0.4, -0.2) is 20.2 Å². The second-order valence-electron chi connectivity index (χ2n) is 5.03. The SMILES string of the molecule is CCS(=O)(=O)NC1C2C3CCC(C3)C12. The lowest BCUT2D eigenvalue weighted by Gasteiger charge is -2.09. The van der Waals surface area contributed by atoms with E-state index >= 15 is 0 Å². The highest BCUT2D eigenvalue weighted by Crippen LogP contribution is 2.65. The van der Waals surface area contributed by atoms with Gasteiger partial charge in [0.05, 0.1) is 5.75 Å². The van der Waals surface area contributed by atoms with Gasteiger partial charge in [0, 0.05) is 6.04 Å². The predicted octanol–water partition coefficient (Wildman–Crippen LogP) is 0.970. The minimum absolute atomic E-state index is 0.221. The molecule has 0 spiro atoms. The maximum atomic E-state index is 11.4. The molecule has 0 amide bonds. The molecule has 3 aliphatic carbocycles. The summed E-state index contributed by atoms with van der Waals surface area (Å²) in [6, 6.07) is 0.311. The fraction of sp³-hybridized carbons (Fsp3) is 1.00. The Labute approximate surface area is 85.3 Å². The van der Waals surface area contributed by atoms with E-state index in [9.17, 15) is 8.42 Å². The first-order chi connectivity index (χ1) is 6.62. The molecule has 3 fully saturated rings. The van der Waals surface area contributed by atoms with Gasteiger partial charge in [-0.15, -0.1) is 0 Å². The van der Waals surface area contributed by atoms with Crippen LogP contribution in [0.4, 0.5) is 0 Å². The topological polar surface area (TPSA) is 46.2 Å². The molecule has 1 N–H and O–H groups in total. The quantitative estimate of drug-likeness (QED) is 0.762. The third kappa shape index (κ3) is 1.16. The van der Waals surface area contributed by atoms with Crippen molar-refractivity contribution in [2.45, 2.75) is 32.2 Å². The van der Waals surface area contributed by atoms with Crippen molar-refractivity contribution in [1.29, 1.82) is 0 Å². The van der Waals surface area contributed by atoms with E-state index in [-0.39, 0.29) is 5.75 Å². The summed E-state index contributed by atoms with van der Waals surface area (Å²) >= 11 is 0. The Morgan fingerprint density at radius 2 is 1.79 bits per heavy atom. The summed E-state index contributed by atoms with van der Waals surface area (Å²) in [4.78, 5) is 0. The lowest BCUT2D eigenvalue weighted by molar-refractivity contribution is 0.456. The van der Waals surface area contributed by atoms with Gasteiger partial charge in [-0.25, -0.2) is 13.1 Å². The molecule has 4 atom stereocenters. The van der Waals surface area contributed by atoms with E-state index in [1.807, 2.05) is 0 Å². The largest absolute Gasteiger partial charge is 0.212 e. The van der Waals surface area contributed by atoms with E-state index in [2.05, 4.69) is 4.72 Å². The Morgan fingerprint density at radius 3 is 2.29 bits per heavy atom. The first-order valence-corrected chi connectivity index (χ1v) is 7.27. The number of hydrogen-bond acceptors (Lipinski definition) is 2. The molecule has 0 aromatic carbocycles. The minimum Gasteiger partial charge on any atom is -0.212 e. The standard InChI is InChI=1S/C10H17NO2S/c1-2-14(12,13)11-10-8-6-3-4-7(5-6)9(8)10/h6-11H,2-5H2,1H3. The fourth-order valence-electron chi connectivity index (χ4n) is 3.77. The van der Waals surface area contributed by atoms with Crippen molar-refractivity contribution in [2.24, 2.45) is 23.7 Å². The Morgan fingerprint density at radius 1 is 1.21 bits per heavy atom. The Balaban J connectivity index is 1.70. The summed E-state index contributed by atoms with van der Waals surface area (Å²) in [5.74, 6) is 3.31. The third-order valence-corrected chi connectivity index (χ3v) is 5.82. The molecule has 4 unspecified atom stereocenters. The van der Waals surface area contributed by atoms with Crippen LogP contribution in [0.3, 0.4) is 0 Å². The van der Waals surface area contributed by atoms with Gasteiger partial charge in [0.1, 0.15) is 0 Å². The fourth-order valence-corrected chi connectivity index (χ4v) is 4.67. The van der Waals surface area contributed by atoms with E-state index in [1.54, 1.807) is 6.92 Å². The van der Waals surface area contributed by atoms with Crippen molar-refractivity contribution in [3.63, 3.8) is 0 Å². The van der Waals surface area contributed by atoms with Gasteiger partial charge in [0.15, 0.2) is 0 Å². The molecular weight excluding hydrogens is 198 g/mol. The molecule has 3 nitrogen and oxygen atoms in total. The van der Waals surface area contributed by atoms with Crippen LogP contribution in [0.25, 0.3) is 0 Å². The number of sulfonamides is 1. The third-order valence-electron chi connectivity index (χ3n) is 4.43. The van der Waals surface area contributed by atoms with Gasteiger partial charge in [-0.05, 0) is 49.9 Å². The molecule has 0 radical (unpaired) electrons. The van der Waals surface area contributed by atoms with Crippen LogP contribution in [0.2, 0.25) is 0 Å². The monoisotopic (exact) mass is 215 g/mol. The summed E-state index contributed by atoms with van der Waals surface area (Å²) in [5, 5.41) is 0. The molecule has 14 heavy (non-hydrogen) atoms. The molecule has 3 rings (SSSR count). The number of hydrogen-bond donors (Lipinski definition) is 1. The van der Waals surface area contributed by atoms with Crippen LogP contribution in [-0.2, 0) is 10.0 Å². The Kier molecular flexibility index (Phi) is 1.78. The molecule has 0 aromatic heterocycles. The summed E-state index contributed by atoms with van der Waals surface area (Å²) < 4.78 is 25.7. The molecule has 80 valence electrons. The summed E-state index contributed by atoms with van der Waals surface area (Å²) in [6.45, 7) is 1.70. The van der Waals surface area contributed by atoms with Gasteiger partial charge in [0.2, 0.25) is 10.0 Å². The van der Waals surface area contributed by atoms with Crippen LogP contribution >= 0.6 is 0 Å². The lowest BCUT2D eigenvalue weighted by Crippen LogP contribution is -2.31. The summed E-state index contributed by atoms with van der Waals surface area (Å²) in [5.41, 5.74) is 0. The van der Waals surface area contributed by atoms with Crippen molar-refractivity contribution in [3.05, 3.63) is 0 Å². The van der Waals surface area contributed by atoms with Gasteiger partial charge >= 0.3 is 0 Å². The molecule has 0 aromatic rings. The van der Waals surface area contributed by atoms with Gasteiger partial charge < -0.3 is 0 Å². The number of rotatable bonds is 3. The first kappa shape index (κ1) is 9.16. The molecule has 0 saturated heterocycles. The van der Waals surface area contributed by atoms with Crippen molar-refractivity contribution in [3.8, 4) is 0 Å². The average molecular weight is 215 g/mol. The highest BCUT2D eigenvalue weighted by Gasteiger charge is 2.65. The van der Waals surface area contributed by atoms with Gasteiger partial charge in [-0.1, -0.05) is 0 Å². The van der Waals surface area contributed by atoms with Crippen LogP contribution in [0.5, 0.6) is 0 Å². The van der Waals surface area contributed by atoms with Crippen LogP contribution in [0.1, 0.15) is 26.2 Å². The van der Waals surface area contributed by atoms with Crippen molar-refractivity contribution in [1.82, 2.24) is 4.72 Å². The first-order valence-electron chi connectivity index (χ1n) is 5.62. The molecular formula is C10H17NO2S. The highest BCUT2D eigenvalue weighted by molar-refractivity contribution is 7.89. The second kappa shape index (κ2) is 2.73. The van der Waals surface area contributed by atoms with E-state index in [0.29, 0.717) is 17.9 Å². The van der Waals surface area contributed by atoms with Crippen molar-refractivity contribution >= 4 is 10.0 Å². The van der Waals surface area contributed by atoms with Crippen LogP contribution in [0.15, 0.2) is 0 Å². The van der Waals surface area contributed by atoms with Crippen molar-refractivity contribution in [2.75, 3.05) is 5.75 Å². The molecule has 4 heteroatoms. The molecule has 0 heterocycles. The number of fused-ring (bicyclic) bond motifs is 5. The summed E-state index contributed by atoms with van der Waals surface area (Å²) in [6.07, 6.45) is 4.06. The van der Waals surface area contributed by atoms with E-state index in [1.165, 1.54) is 19.3 Å². The van der Waals surface area contributed by atoms with Crippen LogP contribution < -0.4 is 4.72 Å². The smallest absolute Gasteiger partial charge is 0.211 e. The maximum Gasteiger partial charge on any atom is 0.211 e. The normalized spacial score (nSPS) is 49.4. The predicted molar refractivity (Wildman–Crippen MR) is 54.2 cm³/mol. The minimum atomic E-state index is -2.97. The Hall–Kier alpha value is -0.0900. The van der Waals surface area contributed by atoms with E-state index in [4.69, 9.17) is 0 Å². The van der Waals surface area contributed by atoms with Gasteiger partial charge in [-0.2, -0.15) is 0 Å². The zero-order valence-corrected chi connectivity index (χ0v) is 9.26. The molecule has 3 saturated carbocycles. The zero-order valence-electron chi connectivity index (χ0n) is 8.44. The van der Waals surface area contributed by atoms with E-state index < -0.39 is 10.0 Å². The van der Waals surface area contributed by atoms with Gasteiger partial charge in [-0.3, -0.25) is 0 Å². The van der Waals surface area contributed by atoms with Gasteiger partial charge in [0.25, 0.3) is 0 Å². The maximum absolute atomic E-state index is 11.4. The van der Waals surface area contributed by atoms with Crippen LogP contribution in [0, 0.1) is 23.7 Å².